The van der Waals surface area contributed by atoms with Gasteiger partial charge in [-0.25, -0.2) is 0 Å². The minimum atomic E-state index is 0.712. The predicted octanol–water partition coefficient (Wildman–Crippen LogP) is 2.20. The fourth-order valence-corrected chi connectivity index (χ4v) is 3.12. The van der Waals surface area contributed by atoms with E-state index in [-0.39, 0.29) is 0 Å². The van der Waals surface area contributed by atoms with Gasteiger partial charge in [-0.15, -0.1) is 0 Å². The van der Waals surface area contributed by atoms with Gasteiger partial charge >= 0.3 is 0 Å². The van der Waals surface area contributed by atoms with Crippen molar-refractivity contribution in [1.82, 2.24) is 10.2 Å². The van der Waals surface area contributed by atoms with E-state index in [1.54, 1.807) is 0 Å². The van der Waals surface area contributed by atoms with E-state index in [1.807, 2.05) is 0 Å². The summed E-state index contributed by atoms with van der Waals surface area (Å²) in [6.07, 6.45) is 2.59. The van der Waals surface area contributed by atoms with Gasteiger partial charge in [0.1, 0.15) is 0 Å². The maximum atomic E-state index is 3.66. The molecule has 2 nitrogen and oxygen atoms in total. The van der Waals surface area contributed by atoms with E-state index in [0.29, 0.717) is 6.04 Å². The molecule has 1 heterocycles. The van der Waals surface area contributed by atoms with Crippen LogP contribution in [0, 0.1) is 0 Å². The molecule has 1 fully saturated rings. The first-order valence-corrected chi connectivity index (χ1v) is 7.23. The summed E-state index contributed by atoms with van der Waals surface area (Å²) in [7, 11) is 2.22. The normalized spacial score (nSPS) is 28.6. The highest BCUT2D eigenvalue weighted by molar-refractivity contribution is 8.00. The van der Waals surface area contributed by atoms with E-state index < -0.39 is 0 Å². The summed E-state index contributed by atoms with van der Waals surface area (Å²) in [5.74, 6) is 1.30. The summed E-state index contributed by atoms with van der Waals surface area (Å²) in [6.45, 7) is 9.19. The van der Waals surface area contributed by atoms with Crippen molar-refractivity contribution in [3.05, 3.63) is 0 Å². The van der Waals surface area contributed by atoms with E-state index in [2.05, 4.69) is 49.8 Å². The van der Waals surface area contributed by atoms with E-state index in [9.17, 15) is 0 Å². The maximum absolute atomic E-state index is 3.66. The molecule has 1 aliphatic rings. The molecule has 3 heteroatoms. The van der Waals surface area contributed by atoms with Gasteiger partial charge < -0.3 is 10.2 Å². The molecule has 90 valence electrons. The molecule has 3 atom stereocenters. The summed E-state index contributed by atoms with van der Waals surface area (Å²) in [5, 5.41) is 4.52. The van der Waals surface area contributed by atoms with Gasteiger partial charge in [0.25, 0.3) is 0 Å². The van der Waals surface area contributed by atoms with Crippen LogP contribution in [0.15, 0.2) is 0 Å². The number of thioether (sulfide) groups is 1. The van der Waals surface area contributed by atoms with Crippen LogP contribution in [0.4, 0.5) is 0 Å². The van der Waals surface area contributed by atoms with Crippen LogP contribution < -0.4 is 5.32 Å². The minimum Gasteiger partial charge on any atom is -0.312 e. The van der Waals surface area contributed by atoms with Crippen LogP contribution in [0.1, 0.15) is 33.6 Å². The van der Waals surface area contributed by atoms with Crippen LogP contribution in [0.5, 0.6) is 0 Å². The van der Waals surface area contributed by atoms with Crippen LogP contribution in [0.25, 0.3) is 0 Å². The number of hydrogen-bond donors (Lipinski definition) is 1. The Morgan fingerprint density at radius 1 is 1.53 bits per heavy atom. The zero-order valence-corrected chi connectivity index (χ0v) is 11.4. The number of nitrogens with zero attached hydrogens (tertiary/aromatic N) is 1. The Labute approximate surface area is 99.2 Å². The number of hydrogen-bond acceptors (Lipinski definition) is 3. The Balaban J connectivity index is 2.06. The van der Waals surface area contributed by atoms with Crippen LogP contribution >= 0.6 is 11.8 Å². The van der Waals surface area contributed by atoms with Crippen molar-refractivity contribution < 1.29 is 0 Å². The van der Waals surface area contributed by atoms with Gasteiger partial charge in [0, 0.05) is 36.2 Å². The third kappa shape index (κ3) is 4.75. The third-order valence-electron chi connectivity index (χ3n) is 3.44. The highest BCUT2D eigenvalue weighted by Gasteiger charge is 2.20. The van der Waals surface area contributed by atoms with Gasteiger partial charge in [-0.3, -0.25) is 0 Å². The zero-order valence-electron chi connectivity index (χ0n) is 10.6. The van der Waals surface area contributed by atoms with Crippen LogP contribution in [-0.2, 0) is 0 Å². The fraction of sp³-hybridized carbons (Fsp3) is 1.00. The molecule has 1 rings (SSSR count). The summed E-state index contributed by atoms with van der Waals surface area (Å²) in [5.41, 5.74) is 0. The molecule has 3 unspecified atom stereocenters. The van der Waals surface area contributed by atoms with Crippen LogP contribution in [0.3, 0.4) is 0 Å². The van der Waals surface area contributed by atoms with Crippen molar-refractivity contribution in [2.24, 2.45) is 0 Å². The first-order valence-electron chi connectivity index (χ1n) is 6.18. The summed E-state index contributed by atoms with van der Waals surface area (Å²) in [6, 6.07) is 1.47. The number of nitrogens with one attached hydrogen (secondary N) is 1. The molecule has 0 aromatic carbocycles. The molecule has 0 radical (unpaired) electrons. The maximum Gasteiger partial charge on any atom is 0.0169 e. The highest BCUT2D eigenvalue weighted by atomic mass is 32.2. The lowest BCUT2D eigenvalue weighted by atomic mass is 10.2. The van der Waals surface area contributed by atoms with Gasteiger partial charge in [-0.05, 0) is 26.8 Å². The summed E-state index contributed by atoms with van der Waals surface area (Å²) >= 11 is 2.10. The monoisotopic (exact) mass is 230 g/mol. The molecule has 0 aromatic rings. The molecule has 1 N–H and O–H groups in total. The second-order valence-electron chi connectivity index (χ2n) is 4.77. The van der Waals surface area contributed by atoms with Crippen LogP contribution in [-0.4, -0.2) is 48.1 Å². The third-order valence-corrected chi connectivity index (χ3v) is 4.80. The first kappa shape index (κ1) is 13.3. The van der Waals surface area contributed by atoms with E-state index in [4.69, 9.17) is 0 Å². The van der Waals surface area contributed by atoms with E-state index in [1.165, 1.54) is 25.1 Å². The molecule has 0 bridgehead atoms. The average Bonchev–Trinajstić information content (AvgIpc) is 2.63. The predicted molar refractivity (Wildman–Crippen MR) is 70.7 cm³/mol. The molecular weight excluding hydrogens is 204 g/mol. The summed E-state index contributed by atoms with van der Waals surface area (Å²) in [4.78, 5) is 2.44. The Bertz CT molecular complexity index is 173. The molecule has 15 heavy (non-hydrogen) atoms. The van der Waals surface area contributed by atoms with E-state index >= 15 is 0 Å². The van der Waals surface area contributed by atoms with Crippen molar-refractivity contribution in [2.45, 2.75) is 50.9 Å². The molecule has 0 spiro atoms. The molecule has 0 aromatic heterocycles. The van der Waals surface area contributed by atoms with Crippen molar-refractivity contribution in [3.8, 4) is 0 Å². The minimum absolute atomic E-state index is 0.712. The molecule has 0 amide bonds. The molecule has 0 saturated carbocycles. The Hall–Kier alpha value is 0.270. The number of likely N-dealkylation sites (N-methyl/N-ethyl adjacent to an activating group) is 1. The lowest BCUT2D eigenvalue weighted by Gasteiger charge is -2.24. The quantitative estimate of drug-likeness (QED) is 0.753. The fourth-order valence-electron chi connectivity index (χ4n) is 1.94. The topological polar surface area (TPSA) is 15.3 Å². The molecule has 1 aliphatic heterocycles. The van der Waals surface area contributed by atoms with Crippen molar-refractivity contribution in [2.75, 3.05) is 25.9 Å². The van der Waals surface area contributed by atoms with Crippen molar-refractivity contribution in [1.29, 1.82) is 0 Å². The lowest BCUT2D eigenvalue weighted by molar-refractivity contribution is 0.249. The van der Waals surface area contributed by atoms with Crippen molar-refractivity contribution in [3.63, 3.8) is 0 Å². The lowest BCUT2D eigenvalue weighted by Crippen LogP contribution is -2.38. The molecule has 1 saturated heterocycles. The second-order valence-corrected chi connectivity index (χ2v) is 6.24. The molecule has 0 aliphatic carbocycles. The van der Waals surface area contributed by atoms with E-state index in [0.717, 1.165) is 17.8 Å². The van der Waals surface area contributed by atoms with Gasteiger partial charge in [-0.1, -0.05) is 13.8 Å². The zero-order chi connectivity index (χ0) is 11.3. The van der Waals surface area contributed by atoms with Gasteiger partial charge in [0.2, 0.25) is 0 Å². The average molecular weight is 230 g/mol. The SMILES string of the molecule is CCC(C)N(C)CCNC1CSC(C)C1. The van der Waals surface area contributed by atoms with Gasteiger partial charge in [0.15, 0.2) is 0 Å². The van der Waals surface area contributed by atoms with Crippen molar-refractivity contribution >= 4 is 11.8 Å². The Kier molecular flexibility index (Phi) is 6.02. The standard InChI is InChI=1S/C12H26N2S/c1-5-10(2)14(4)7-6-13-12-8-11(3)15-9-12/h10-13H,5-9H2,1-4H3. The second kappa shape index (κ2) is 6.77. The van der Waals surface area contributed by atoms with Crippen LogP contribution in [0.2, 0.25) is 0 Å². The number of rotatable bonds is 6. The Morgan fingerprint density at radius 3 is 2.80 bits per heavy atom. The van der Waals surface area contributed by atoms with Gasteiger partial charge in [-0.2, -0.15) is 11.8 Å². The smallest absolute Gasteiger partial charge is 0.0169 e. The van der Waals surface area contributed by atoms with Gasteiger partial charge in [0.05, 0.1) is 0 Å². The highest BCUT2D eigenvalue weighted by Crippen LogP contribution is 2.25. The summed E-state index contributed by atoms with van der Waals surface area (Å²) < 4.78 is 0. The molecular formula is C12H26N2S. The largest absolute Gasteiger partial charge is 0.312 e. The first-order chi connectivity index (χ1) is 7.13. The Morgan fingerprint density at radius 2 is 2.27 bits per heavy atom.